The molecule has 0 radical (unpaired) electrons. The fourth-order valence-electron chi connectivity index (χ4n) is 5.68. The number of carbonyl (C=O) groups excluding carboxylic acids is 4. The maximum atomic E-state index is 13.9. The number of aliphatic hydroxyl groups excluding tert-OH is 2. The standard InChI is InChI=1S/C34H26O22/c35-12-1-8(2-13(36)21(12)41)30(48)54-28-17(40)6-11-20(26(28)46)19-10(5-16(39)23(43)25(19)45)32(50)52-7-18-24(44)29(55-33(11)51)27(47)34(53-18)56-31(49)9-3-14(37)22(42)15(38)4-9/h1-6,18,24,27,29,34-47H,7H2/t18?,24-,27-,29?,34+/m1/s1. The molecule has 56 heavy (non-hydrogen) atoms. The highest BCUT2D eigenvalue weighted by molar-refractivity contribution is 6.09. The summed E-state index contributed by atoms with van der Waals surface area (Å²) in [5, 5.41) is 135. The molecule has 2 aliphatic heterocycles. The molecule has 5 atom stereocenters. The quantitative estimate of drug-likeness (QED) is 0.0573. The summed E-state index contributed by atoms with van der Waals surface area (Å²) in [6, 6.07) is 3.44. The zero-order valence-corrected chi connectivity index (χ0v) is 27.5. The van der Waals surface area contributed by atoms with Crippen LogP contribution in [-0.2, 0) is 18.9 Å². The monoisotopic (exact) mass is 786 g/mol. The molecule has 2 heterocycles. The van der Waals surface area contributed by atoms with Gasteiger partial charge >= 0.3 is 23.9 Å². The van der Waals surface area contributed by atoms with Gasteiger partial charge in [0.05, 0.1) is 22.3 Å². The first-order valence-corrected chi connectivity index (χ1v) is 15.5. The molecule has 4 aromatic carbocycles. The molecule has 1 fully saturated rings. The van der Waals surface area contributed by atoms with Crippen LogP contribution < -0.4 is 4.74 Å². The van der Waals surface area contributed by atoms with E-state index >= 15 is 0 Å². The average Bonchev–Trinajstić information content (AvgIpc) is 3.14. The molecule has 22 heteroatoms. The van der Waals surface area contributed by atoms with Crippen molar-refractivity contribution in [1.29, 1.82) is 0 Å². The van der Waals surface area contributed by atoms with Crippen molar-refractivity contribution in [2.75, 3.05) is 6.61 Å². The van der Waals surface area contributed by atoms with Crippen LogP contribution >= 0.6 is 0 Å². The van der Waals surface area contributed by atoms with Crippen LogP contribution in [0.15, 0.2) is 36.4 Å². The second-order valence-electron chi connectivity index (χ2n) is 12.0. The summed E-state index contributed by atoms with van der Waals surface area (Å²) in [7, 11) is 0. The van der Waals surface area contributed by atoms with Crippen LogP contribution in [0.3, 0.4) is 0 Å². The third kappa shape index (κ3) is 6.50. The van der Waals surface area contributed by atoms with E-state index in [-0.39, 0.29) is 0 Å². The Hall–Kier alpha value is -7.56. The van der Waals surface area contributed by atoms with Crippen LogP contribution in [0.25, 0.3) is 11.1 Å². The molecule has 6 rings (SSSR count). The summed E-state index contributed by atoms with van der Waals surface area (Å²) < 4.78 is 26.1. The number of esters is 4. The van der Waals surface area contributed by atoms with Gasteiger partial charge in [0.1, 0.15) is 18.8 Å². The third-order valence-electron chi connectivity index (χ3n) is 8.47. The van der Waals surface area contributed by atoms with Crippen molar-refractivity contribution in [3.63, 3.8) is 0 Å². The lowest BCUT2D eigenvalue weighted by Gasteiger charge is -2.41. The van der Waals surface area contributed by atoms with Crippen molar-refractivity contribution in [1.82, 2.24) is 0 Å². The summed E-state index contributed by atoms with van der Waals surface area (Å²) in [4.78, 5) is 53.4. The van der Waals surface area contributed by atoms with Crippen LogP contribution in [0.5, 0.6) is 69.0 Å². The Bertz CT molecular complexity index is 2290. The minimum Gasteiger partial charge on any atom is -0.504 e. The lowest BCUT2D eigenvalue weighted by molar-refractivity contribution is -0.284. The van der Waals surface area contributed by atoms with E-state index in [1.54, 1.807) is 0 Å². The van der Waals surface area contributed by atoms with Gasteiger partial charge in [-0.1, -0.05) is 0 Å². The number of cyclic esters (lactones) is 1. The van der Waals surface area contributed by atoms with Crippen LogP contribution in [0, 0.1) is 0 Å². The van der Waals surface area contributed by atoms with E-state index in [0.717, 1.165) is 0 Å². The number of rotatable bonds is 4. The molecule has 22 nitrogen and oxygen atoms in total. The third-order valence-corrected chi connectivity index (χ3v) is 8.47. The zero-order valence-electron chi connectivity index (χ0n) is 27.5. The summed E-state index contributed by atoms with van der Waals surface area (Å²) in [5.74, 6) is -20.1. The number of hydrogen-bond donors (Lipinski definition) is 13. The largest absolute Gasteiger partial charge is 0.504 e. The first-order chi connectivity index (χ1) is 26.3. The fraction of sp³-hybridized carbons (Fsp3) is 0.176. The van der Waals surface area contributed by atoms with E-state index in [4.69, 9.17) is 23.7 Å². The Labute approximate surface area is 309 Å². The summed E-state index contributed by atoms with van der Waals surface area (Å²) >= 11 is 0. The number of aromatic hydroxyl groups is 11. The van der Waals surface area contributed by atoms with Gasteiger partial charge in [-0.05, 0) is 36.4 Å². The maximum Gasteiger partial charge on any atom is 0.344 e. The Morgan fingerprint density at radius 2 is 1.05 bits per heavy atom. The van der Waals surface area contributed by atoms with Crippen molar-refractivity contribution in [3.05, 3.63) is 58.7 Å². The van der Waals surface area contributed by atoms with Gasteiger partial charge < -0.3 is 90.1 Å². The van der Waals surface area contributed by atoms with E-state index in [1.807, 2.05) is 0 Å². The number of ether oxygens (including phenoxy) is 5. The summed E-state index contributed by atoms with van der Waals surface area (Å²) in [6.45, 7) is -1.04. The van der Waals surface area contributed by atoms with Crippen molar-refractivity contribution in [3.8, 4) is 80.1 Å². The number of phenolic OH excluding ortho intramolecular Hbond substituents is 11. The second-order valence-corrected chi connectivity index (χ2v) is 12.0. The molecule has 0 aromatic heterocycles. The molecule has 2 aliphatic rings. The molecule has 4 aromatic rings. The smallest absolute Gasteiger partial charge is 0.344 e. The number of carbonyl (C=O) groups is 4. The molecule has 0 amide bonds. The molecular formula is C34H26O22. The number of aliphatic hydroxyl groups is 2. The number of phenols is 11. The van der Waals surface area contributed by atoms with Crippen molar-refractivity contribution < 1.29 is 109 Å². The van der Waals surface area contributed by atoms with Crippen LogP contribution in [0.1, 0.15) is 41.4 Å². The minimum absolute atomic E-state index is 0.423. The van der Waals surface area contributed by atoms with Gasteiger partial charge in [0.15, 0.2) is 69.7 Å². The predicted molar refractivity (Wildman–Crippen MR) is 174 cm³/mol. The number of hydrogen-bond acceptors (Lipinski definition) is 22. The van der Waals surface area contributed by atoms with Crippen LogP contribution in [-0.4, -0.2) is 128 Å². The molecule has 2 unspecified atom stereocenters. The highest BCUT2D eigenvalue weighted by atomic mass is 16.7. The topological polar surface area (TPSA) is 377 Å². The molecular weight excluding hydrogens is 760 g/mol. The zero-order chi connectivity index (χ0) is 41.1. The number of benzene rings is 4. The minimum atomic E-state index is -2.32. The second kappa shape index (κ2) is 14.0. The van der Waals surface area contributed by atoms with Crippen LogP contribution in [0.4, 0.5) is 0 Å². The van der Waals surface area contributed by atoms with Crippen molar-refractivity contribution in [2.24, 2.45) is 0 Å². The van der Waals surface area contributed by atoms with Gasteiger partial charge in [-0.25, -0.2) is 19.2 Å². The SMILES string of the molecule is O=C(Oc1c(O)cc2c(c1O)-c1c(cc(O)c(O)c1O)C(=O)OCC1O[C@@H](OC(=O)c3cc(O)c(O)c(O)c3)[C@H](O)C(OC2=O)[C@@H]1O)c1cc(O)c(O)c(O)c1. The van der Waals surface area contributed by atoms with Crippen molar-refractivity contribution in [2.45, 2.75) is 30.7 Å². The van der Waals surface area contributed by atoms with E-state index in [0.29, 0.717) is 36.4 Å². The lowest BCUT2D eigenvalue weighted by atomic mass is 9.91. The van der Waals surface area contributed by atoms with Gasteiger partial charge in [0.2, 0.25) is 17.8 Å². The van der Waals surface area contributed by atoms with E-state index in [1.165, 1.54) is 0 Å². The summed E-state index contributed by atoms with van der Waals surface area (Å²) in [6.07, 6.45) is -10.7. The molecule has 0 spiro atoms. The maximum absolute atomic E-state index is 13.9. The molecule has 13 N–H and O–H groups in total. The summed E-state index contributed by atoms with van der Waals surface area (Å²) in [5.41, 5.74) is -5.43. The van der Waals surface area contributed by atoms with Gasteiger partial charge in [-0.15, -0.1) is 0 Å². The average molecular weight is 787 g/mol. The number of fused-ring (bicyclic) bond motifs is 5. The van der Waals surface area contributed by atoms with E-state index in [9.17, 15) is 85.6 Å². The Kier molecular flexibility index (Phi) is 9.55. The van der Waals surface area contributed by atoms with Gasteiger partial charge in [-0.3, -0.25) is 0 Å². The molecule has 0 saturated carbocycles. The molecule has 2 bridgehead atoms. The van der Waals surface area contributed by atoms with Gasteiger partial charge in [-0.2, -0.15) is 0 Å². The Balaban J connectivity index is 1.47. The lowest BCUT2D eigenvalue weighted by Crippen LogP contribution is -2.61. The van der Waals surface area contributed by atoms with Crippen molar-refractivity contribution >= 4 is 23.9 Å². The first kappa shape index (κ1) is 38.2. The molecule has 1 saturated heterocycles. The van der Waals surface area contributed by atoms with Gasteiger partial charge in [0.25, 0.3) is 0 Å². The normalized spacial score (nSPS) is 20.6. The predicted octanol–water partition coefficient (Wildman–Crippen LogP) is 0.334. The van der Waals surface area contributed by atoms with Gasteiger partial charge in [0, 0.05) is 11.1 Å². The Morgan fingerprint density at radius 1 is 0.571 bits per heavy atom. The fourth-order valence-corrected chi connectivity index (χ4v) is 5.68. The highest BCUT2D eigenvalue weighted by Gasteiger charge is 2.50. The van der Waals surface area contributed by atoms with E-state index < -0.39 is 164 Å². The molecule has 294 valence electrons. The Morgan fingerprint density at radius 3 is 1.62 bits per heavy atom. The van der Waals surface area contributed by atoms with Crippen LogP contribution in [0.2, 0.25) is 0 Å². The molecule has 0 aliphatic carbocycles. The highest BCUT2D eigenvalue weighted by Crippen LogP contribution is 2.53. The van der Waals surface area contributed by atoms with E-state index in [2.05, 4.69) is 0 Å². The first-order valence-electron chi connectivity index (χ1n) is 15.5.